The first-order valence-electron chi connectivity index (χ1n) is 7.29. The molecule has 1 nitrogen and oxygen atoms in total. The van der Waals surface area contributed by atoms with Crippen molar-refractivity contribution in [2.45, 2.75) is 27.7 Å². The molecular weight excluding hydrogens is 256 g/mol. The van der Waals surface area contributed by atoms with Crippen LogP contribution in [0.2, 0.25) is 0 Å². The number of phenols is 1. The van der Waals surface area contributed by atoms with Crippen molar-refractivity contribution in [3.05, 3.63) is 64.7 Å². The predicted octanol–water partition coefficient (Wildman–Crippen LogP) is 5.45. The van der Waals surface area contributed by atoms with Crippen LogP contribution in [0.25, 0.3) is 21.9 Å². The van der Waals surface area contributed by atoms with E-state index in [9.17, 15) is 5.11 Å². The molecule has 0 aliphatic carbocycles. The molecule has 3 aromatic carbocycles. The lowest BCUT2D eigenvalue weighted by atomic mass is 9.87. The van der Waals surface area contributed by atoms with Gasteiger partial charge in [0.2, 0.25) is 0 Å². The summed E-state index contributed by atoms with van der Waals surface area (Å²) in [4.78, 5) is 0. The molecule has 0 saturated heterocycles. The SMILES string of the molecule is Cc1cc(C)c(-c2c(O)ccc3ccccc23)c(C)c1C. The summed E-state index contributed by atoms with van der Waals surface area (Å²) < 4.78 is 0. The fraction of sp³-hybridized carbons (Fsp3) is 0.200. The highest BCUT2D eigenvalue weighted by atomic mass is 16.3. The minimum atomic E-state index is 0.350. The number of hydrogen-bond acceptors (Lipinski definition) is 1. The summed E-state index contributed by atoms with van der Waals surface area (Å²) in [6.45, 7) is 8.56. The maximum atomic E-state index is 10.5. The van der Waals surface area contributed by atoms with Gasteiger partial charge in [-0.1, -0.05) is 36.4 Å². The van der Waals surface area contributed by atoms with E-state index in [1.165, 1.54) is 22.3 Å². The van der Waals surface area contributed by atoms with Crippen LogP contribution >= 0.6 is 0 Å². The third kappa shape index (κ3) is 2.09. The van der Waals surface area contributed by atoms with Crippen LogP contribution in [0.5, 0.6) is 5.75 Å². The fourth-order valence-corrected chi connectivity index (χ4v) is 3.19. The summed E-state index contributed by atoms with van der Waals surface area (Å²) in [5.74, 6) is 0.350. The molecular formula is C20H20O. The van der Waals surface area contributed by atoms with Crippen LogP contribution in [0, 0.1) is 27.7 Å². The molecule has 21 heavy (non-hydrogen) atoms. The Hall–Kier alpha value is -2.28. The van der Waals surface area contributed by atoms with Crippen LogP contribution in [0.4, 0.5) is 0 Å². The standard InChI is InChI=1S/C20H20O/c1-12-11-13(2)19(15(4)14(12)3)20-17-8-6-5-7-16(17)9-10-18(20)21/h5-11,21H,1-4H3. The molecule has 106 valence electrons. The second-order valence-corrected chi connectivity index (χ2v) is 5.82. The van der Waals surface area contributed by atoms with Gasteiger partial charge in [0, 0.05) is 5.56 Å². The molecule has 0 aliphatic heterocycles. The topological polar surface area (TPSA) is 20.2 Å². The van der Waals surface area contributed by atoms with Crippen molar-refractivity contribution >= 4 is 10.8 Å². The van der Waals surface area contributed by atoms with Gasteiger partial charge in [0.1, 0.15) is 5.75 Å². The maximum Gasteiger partial charge on any atom is 0.124 e. The van der Waals surface area contributed by atoms with E-state index >= 15 is 0 Å². The number of rotatable bonds is 1. The highest BCUT2D eigenvalue weighted by Gasteiger charge is 2.16. The Morgan fingerprint density at radius 1 is 0.714 bits per heavy atom. The van der Waals surface area contributed by atoms with Crippen molar-refractivity contribution in [3.63, 3.8) is 0 Å². The quantitative estimate of drug-likeness (QED) is 0.627. The lowest BCUT2D eigenvalue weighted by Gasteiger charge is -2.18. The molecule has 1 heteroatoms. The summed E-state index contributed by atoms with van der Waals surface area (Å²) in [7, 11) is 0. The summed E-state index contributed by atoms with van der Waals surface area (Å²) in [6, 6.07) is 14.2. The van der Waals surface area contributed by atoms with Gasteiger partial charge in [-0.05, 0) is 72.4 Å². The number of aryl methyl sites for hydroxylation is 2. The summed E-state index contributed by atoms with van der Waals surface area (Å²) in [6.07, 6.45) is 0. The fourth-order valence-electron chi connectivity index (χ4n) is 3.19. The van der Waals surface area contributed by atoms with Crippen LogP contribution in [0.1, 0.15) is 22.3 Å². The van der Waals surface area contributed by atoms with Crippen LogP contribution < -0.4 is 0 Å². The van der Waals surface area contributed by atoms with Gasteiger partial charge in [0.25, 0.3) is 0 Å². The van der Waals surface area contributed by atoms with Crippen LogP contribution in [-0.4, -0.2) is 5.11 Å². The lowest BCUT2D eigenvalue weighted by Crippen LogP contribution is -1.96. The van der Waals surface area contributed by atoms with E-state index in [-0.39, 0.29) is 0 Å². The largest absolute Gasteiger partial charge is 0.507 e. The van der Waals surface area contributed by atoms with Gasteiger partial charge in [0.15, 0.2) is 0 Å². The summed E-state index contributed by atoms with van der Waals surface area (Å²) in [5, 5.41) is 12.7. The monoisotopic (exact) mass is 276 g/mol. The molecule has 3 aromatic rings. The van der Waals surface area contributed by atoms with Gasteiger partial charge in [-0.3, -0.25) is 0 Å². The molecule has 3 rings (SSSR count). The normalized spacial score (nSPS) is 11.0. The molecule has 1 N–H and O–H groups in total. The van der Waals surface area contributed by atoms with Gasteiger partial charge < -0.3 is 5.11 Å². The highest BCUT2D eigenvalue weighted by Crippen LogP contribution is 2.41. The Morgan fingerprint density at radius 2 is 1.43 bits per heavy atom. The Balaban J connectivity index is 2.47. The number of hydrogen-bond donors (Lipinski definition) is 1. The van der Waals surface area contributed by atoms with Crippen LogP contribution in [-0.2, 0) is 0 Å². The second kappa shape index (κ2) is 4.92. The van der Waals surface area contributed by atoms with Crippen LogP contribution in [0.3, 0.4) is 0 Å². The number of phenolic OH excluding ortho intramolecular Hbond substituents is 1. The van der Waals surface area contributed by atoms with E-state index in [1.807, 2.05) is 18.2 Å². The average molecular weight is 276 g/mol. The lowest BCUT2D eigenvalue weighted by molar-refractivity contribution is 0.478. The Bertz CT molecular complexity index is 844. The minimum absolute atomic E-state index is 0.350. The maximum absolute atomic E-state index is 10.5. The smallest absolute Gasteiger partial charge is 0.124 e. The summed E-state index contributed by atoms with van der Waals surface area (Å²) >= 11 is 0. The first kappa shape index (κ1) is 13.7. The third-order valence-corrected chi connectivity index (χ3v) is 4.51. The average Bonchev–Trinajstić information content (AvgIpc) is 2.47. The minimum Gasteiger partial charge on any atom is -0.507 e. The molecule has 0 atom stereocenters. The second-order valence-electron chi connectivity index (χ2n) is 5.82. The van der Waals surface area contributed by atoms with Crippen molar-refractivity contribution in [2.24, 2.45) is 0 Å². The van der Waals surface area contributed by atoms with E-state index in [0.717, 1.165) is 21.9 Å². The predicted molar refractivity (Wildman–Crippen MR) is 90.0 cm³/mol. The van der Waals surface area contributed by atoms with Gasteiger partial charge in [-0.2, -0.15) is 0 Å². The molecule has 0 bridgehead atoms. The zero-order chi connectivity index (χ0) is 15.1. The zero-order valence-electron chi connectivity index (χ0n) is 13.0. The van der Waals surface area contributed by atoms with Crippen molar-refractivity contribution < 1.29 is 5.11 Å². The van der Waals surface area contributed by atoms with Crippen molar-refractivity contribution in [1.29, 1.82) is 0 Å². The number of benzene rings is 3. The van der Waals surface area contributed by atoms with Gasteiger partial charge in [0.05, 0.1) is 0 Å². The van der Waals surface area contributed by atoms with Crippen molar-refractivity contribution in [3.8, 4) is 16.9 Å². The van der Waals surface area contributed by atoms with Gasteiger partial charge in [-0.15, -0.1) is 0 Å². The molecule has 0 spiro atoms. The molecule has 0 aromatic heterocycles. The highest BCUT2D eigenvalue weighted by molar-refractivity contribution is 6.01. The summed E-state index contributed by atoms with van der Waals surface area (Å²) in [5.41, 5.74) is 7.16. The molecule has 0 aliphatic rings. The molecule has 0 unspecified atom stereocenters. The van der Waals surface area contributed by atoms with E-state index in [0.29, 0.717) is 5.75 Å². The molecule has 0 heterocycles. The van der Waals surface area contributed by atoms with E-state index in [1.54, 1.807) is 6.07 Å². The van der Waals surface area contributed by atoms with Crippen LogP contribution in [0.15, 0.2) is 42.5 Å². The number of fused-ring (bicyclic) bond motifs is 1. The third-order valence-electron chi connectivity index (χ3n) is 4.51. The van der Waals surface area contributed by atoms with Gasteiger partial charge in [-0.25, -0.2) is 0 Å². The van der Waals surface area contributed by atoms with Crippen molar-refractivity contribution in [2.75, 3.05) is 0 Å². The molecule has 0 saturated carbocycles. The first-order valence-corrected chi connectivity index (χ1v) is 7.29. The zero-order valence-corrected chi connectivity index (χ0v) is 13.0. The van der Waals surface area contributed by atoms with E-state index in [2.05, 4.69) is 45.9 Å². The van der Waals surface area contributed by atoms with E-state index < -0.39 is 0 Å². The van der Waals surface area contributed by atoms with Gasteiger partial charge >= 0.3 is 0 Å². The Labute approximate surface area is 125 Å². The molecule has 0 amide bonds. The first-order chi connectivity index (χ1) is 10.0. The molecule has 0 radical (unpaired) electrons. The Kier molecular flexibility index (Phi) is 3.21. The van der Waals surface area contributed by atoms with E-state index in [4.69, 9.17) is 0 Å². The Morgan fingerprint density at radius 3 is 2.19 bits per heavy atom. The van der Waals surface area contributed by atoms with Crippen molar-refractivity contribution in [1.82, 2.24) is 0 Å². The number of aromatic hydroxyl groups is 1. The molecule has 0 fully saturated rings.